The summed E-state index contributed by atoms with van der Waals surface area (Å²) < 4.78 is 0.357. The number of aromatic nitrogens is 2. The third-order valence-corrected chi connectivity index (χ3v) is 4.46. The van der Waals surface area contributed by atoms with Crippen LogP contribution in [0.3, 0.4) is 0 Å². The van der Waals surface area contributed by atoms with Crippen molar-refractivity contribution in [1.82, 2.24) is 14.9 Å². The number of piperazine rings is 1. The van der Waals surface area contributed by atoms with Crippen molar-refractivity contribution in [2.24, 2.45) is 0 Å². The van der Waals surface area contributed by atoms with Gasteiger partial charge in [0.25, 0.3) is 11.6 Å². The topological polar surface area (TPSA) is 92.5 Å². The van der Waals surface area contributed by atoms with E-state index in [-0.39, 0.29) is 11.6 Å². The van der Waals surface area contributed by atoms with E-state index in [4.69, 9.17) is 0 Å². The van der Waals surface area contributed by atoms with E-state index in [2.05, 4.69) is 25.9 Å². The highest BCUT2D eigenvalue weighted by Crippen LogP contribution is 2.26. The van der Waals surface area contributed by atoms with Crippen LogP contribution in [0.25, 0.3) is 0 Å². The van der Waals surface area contributed by atoms with Crippen LogP contribution in [0.5, 0.6) is 0 Å². The number of hydrogen-bond donors (Lipinski definition) is 0. The van der Waals surface area contributed by atoms with E-state index in [1.807, 2.05) is 4.90 Å². The first-order valence-electron chi connectivity index (χ1n) is 7.31. The Balaban J connectivity index is 1.69. The molecule has 24 heavy (non-hydrogen) atoms. The van der Waals surface area contributed by atoms with Crippen LogP contribution in [0, 0.1) is 10.1 Å². The molecular formula is C15H14BrN5O3. The molecule has 1 saturated heterocycles. The van der Waals surface area contributed by atoms with Crippen LogP contribution >= 0.6 is 15.9 Å². The highest BCUT2D eigenvalue weighted by atomic mass is 79.9. The Kier molecular flexibility index (Phi) is 4.70. The van der Waals surface area contributed by atoms with E-state index in [9.17, 15) is 14.9 Å². The molecule has 0 aliphatic carbocycles. The predicted molar refractivity (Wildman–Crippen MR) is 90.9 cm³/mol. The van der Waals surface area contributed by atoms with E-state index in [0.717, 1.165) is 0 Å². The van der Waals surface area contributed by atoms with Crippen molar-refractivity contribution >= 4 is 33.5 Å². The van der Waals surface area contributed by atoms with Crippen molar-refractivity contribution < 1.29 is 9.72 Å². The molecule has 0 radical (unpaired) electrons. The van der Waals surface area contributed by atoms with E-state index < -0.39 is 4.92 Å². The van der Waals surface area contributed by atoms with Crippen LogP contribution in [-0.4, -0.2) is 51.9 Å². The van der Waals surface area contributed by atoms with Crippen molar-refractivity contribution in [3.05, 3.63) is 56.8 Å². The molecule has 1 aromatic heterocycles. The predicted octanol–water partition coefficient (Wildman–Crippen LogP) is 2.11. The Morgan fingerprint density at radius 1 is 1.17 bits per heavy atom. The largest absolute Gasteiger partial charge is 0.337 e. The molecule has 1 amide bonds. The Morgan fingerprint density at radius 3 is 2.46 bits per heavy atom. The molecule has 0 bridgehead atoms. The average Bonchev–Trinajstić information content (AvgIpc) is 2.62. The molecule has 0 saturated carbocycles. The zero-order valence-electron chi connectivity index (χ0n) is 12.6. The first kappa shape index (κ1) is 16.3. The maximum absolute atomic E-state index is 12.6. The summed E-state index contributed by atoms with van der Waals surface area (Å²) in [4.78, 5) is 35.2. The van der Waals surface area contributed by atoms with E-state index in [1.54, 1.807) is 29.4 Å². The summed E-state index contributed by atoms with van der Waals surface area (Å²) in [5.41, 5.74) is 0.200. The van der Waals surface area contributed by atoms with Gasteiger partial charge in [0.2, 0.25) is 5.95 Å². The summed E-state index contributed by atoms with van der Waals surface area (Å²) >= 11 is 3.12. The normalized spacial score (nSPS) is 14.5. The second-order valence-electron chi connectivity index (χ2n) is 5.25. The maximum Gasteiger partial charge on any atom is 0.284 e. The molecule has 9 heteroatoms. The van der Waals surface area contributed by atoms with E-state index in [0.29, 0.717) is 42.2 Å². The summed E-state index contributed by atoms with van der Waals surface area (Å²) in [6.45, 7) is 2.27. The van der Waals surface area contributed by atoms with Gasteiger partial charge < -0.3 is 9.80 Å². The smallest absolute Gasteiger partial charge is 0.284 e. The van der Waals surface area contributed by atoms with Crippen molar-refractivity contribution in [2.75, 3.05) is 31.1 Å². The fourth-order valence-electron chi connectivity index (χ4n) is 2.53. The number of carbonyl (C=O) groups is 1. The number of anilines is 1. The third-order valence-electron chi connectivity index (χ3n) is 3.79. The van der Waals surface area contributed by atoms with Gasteiger partial charge in [-0.1, -0.05) is 0 Å². The Morgan fingerprint density at radius 2 is 1.83 bits per heavy atom. The van der Waals surface area contributed by atoms with Crippen LogP contribution in [0.2, 0.25) is 0 Å². The number of rotatable bonds is 3. The molecule has 0 atom stereocenters. The van der Waals surface area contributed by atoms with Gasteiger partial charge in [-0.2, -0.15) is 0 Å². The Bertz CT molecular complexity index is 763. The lowest BCUT2D eigenvalue weighted by Gasteiger charge is -2.34. The van der Waals surface area contributed by atoms with Gasteiger partial charge in [-0.3, -0.25) is 14.9 Å². The third kappa shape index (κ3) is 3.35. The highest BCUT2D eigenvalue weighted by molar-refractivity contribution is 9.10. The van der Waals surface area contributed by atoms with Gasteiger partial charge in [-0.15, -0.1) is 0 Å². The molecule has 1 aliphatic heterocycles. The Labute approximate surface area is 146 Å². The molecule has 2 heterocycles. The first-order valence-corrected chi connectivity index (χ1v) is 8.11. The van der Waals surface area contributed by atoms with Gasteiger partial charge in [0, 0.05) is 50.2 Å². The minimum absolute atomic E-state index is 0.114. The minimum atomic E-state index is -0.508. The molecular weight excluding hydrogens is 378 g/mol. The van der Waals surface area contributed by atoms with E-state index in [1.165, 1.54) is 12.1 Å². The van der Waals surface area contributed by atoms with Crippen LogP contribution in [0.4, 0.5) is 11.6 Å². The molecule has 0 N–H and O–H groups in total. The van der Waals surface area contributed by atoms with Crippen LogP contribution < -0.4 is 4.90 Å². The molecule has 124 valence electrons. The van der Waals surface area contributed by atoms with Crippen molar-refractivity contribution in [3.63, 3.8) is 0 Å². The van der Waals surface area contributed by atoms with Crippen molar-refractivity contribution in [1.29, 1.82) is 0 Å². The lowest BCUT2D eigenvalue weighted by atomic mass is 10.1. The molecule has 1 aliphatic rings. The van der Waals surface area contributed by atoms with Crippen molar-refractivity contribution in [3.8, 4) is 0 Å². The van der Waals surface area contributed by atoms with Crippen molar-refractivity contribution in [2.45, 2.75) is 0 Å². The second-order valence-corrected chi connectivity index (χ2v) is 6.11. The van der Waals surface area contributed by atoms with Crippen LogP contribution in [0.15, 0.2) is 41.1 Å². The van der Waals surface area contributed by atoms with Gasteiger partial charge in [-0.25, -0.2) is 9.97 Å². The number of halogens is 1. The molecule has 8 nitrogen and oxygen atoms in total. The van der Waals surface area contributed by atoms with Gasteiger partial charge >= 0.3 is 0 Å². The lowest BCUT2D eigenvalue weighted by molar-refractivity contribution is -0.385. The van der Waals surface area contributed by atoms with E-state index >= 15 is 0 Å². The zero-order valence-corrected chi connectivity index (χ0v) is 14.2. The van der Waals surface area contributed by atoms with Gasteiger partial charge in [-0.05, 0) is 34.1 Å². The van der Waals surface area contributed by atoms with Gasteiger partial charge in [0.1, 0.15) is 0 Å². The SMILES string of the molecule is O=C(c1ccc(Br)c([N+](=O)[O-])c1)N1CCN(c2ncccn2)CC1. The number of amides is 1. The minimum Gasteiger partial charge on any atom is -0.337 e. The van der Waals surface area contributed by atoms with Gasteiger partial charge in [0.05, 0.1) is 9.40 Å². The lowest BCUT2D eigenvalue weighted by Crippen LogP contribution is -2.49. The molecule has 2 aromatic rings. The standard InChI is InChI=1S/C15H14BrN5O3/c16-12-3-2-11(10-13(12)21(23)24)14(22)19-6-8-20(9-7-19)15-17-4-1-5-18-15/h1-5,10H,6-9H2. The number of hydrogen-bond acceptors (Lipinski definition) is 6. The zero-order chi connectivity index (χ0) is 17.1. The summed E-state index contributed by atoms with van der Waals surface area (Å²) in [6.07, 6.45) is 3.36. The molecule has 1 aromatic carbocycles. The number of benzene rings is 1. The molecule has 1 fully saturated rings. The first-order chi connectivity index (χ1) is 11.6. The highest BCUT2D eigenvalue weighted by Gasteiger charge is 2.25. The molecule has 0 spiro atoms. The maximum atomic E-state index is 12.6. The summed E-state index contributed by atoms with van der Waals surface area (Å²) in [7, 11) is 0. The quantitative estimate of drug-likeness (QED) is 0.587. The monoisotopic (exact) mass is 391 g/mol. The van der Waals surface area contributed by atoms with Crippen LogP contribution in [-0.2, 0) is 0 Å². The second kappa shape index (κ2) is 6.91. The number of nitro groups is 1. The van der Waals surface area contributed by atoms with Crippen LogP contribution in [0.1, 0.15) is 10.4 Å². The number of nitrogens with zero attached hydrogens (tertiary/aromatic N) is 5. The number of carbonyl (C=O) groups excluding carboxylic acids is 1. The fraction of sp³-hybridized carbons (Fsp3) is 0.267. The summed E-state index contributed by atoms with van der Waals surface area (Å²) in [5.74, 6) is 0.433. The fourth-order valence-corrected chi connectivity index (χ4v) is 2.92. The molecule has 3 rings (SSSR count). The van der Waals surface area contributed by atoms with Gasteiger partial charge in [0.15, 0.2) is 0 Å². The molecule has 0 unspecified atom stereocenters. The average molecular weight is 392 g/mol. The summed E-state index contributed by atoms with van der Waals surface area (Å²) in [6, 6.07) is 6.17. The number of nitro benzene ring substituents is 1. The Hall–Kier alpha value is -2.55. The summed E-state index contributed by atoms with van der Waals surface area (Å²) in [5, 5.41) is 11.0.